The number of benzene rings is 1. The predicted molar refractivity (Wildman–Crippen MR) is 102 cm³/mol. The lowest BCUT2D eigenvalue weighted by atomic mass is 9.99. The van der Waals surface area contributed by atoms with Crippen molar-refractivity contribution in [3.63, 3.8) is 0 Å². The van der Waals surface area contributed by atoms with Crippen molar-refractivity contribution in [3.8, 4) is 11.3 Å². The van der Waals surface area contributed by atoms with Crippen molar-refractivity contribution < 1.29 is 18.0 Å². The van der Waals surface area contributed by atoms with Crippen molar-refractivity contribution >= 4 is 17.2 Å². The van der Waals surface area contributed by atoms with E-state index in [9.17, 15) is 18.0 Å². The molecule has 28 heavy (non-hydrogen) atoms. The quantitative estimate of drug-likeness (QED) is 0.656. The Morgan fingerprint density at radius 3 is 2.71 bits per heavy atom. The van der Waals surface area contributed by atoms with Gasteiger partial charge in [-0.3, -0.25) is 9.48 Å². The van der Waals surface area contributed by atoms with Crippen molar-refractivity contribution in [2.75, 3.05) is 6.54 Å². The molecule has 1 unspecified atom stereocenters. The van der Waals surface area contributed by atoms with E-state index in [2.05, 4.69) is 10.4 Å². The van der Waals surface area contributed by atoms with Crippen LogP contribution >= 0.6 is 11.3 Å². The zero-order chi connectivity index (χ0) is 20.3. The Balaban J connectivity index is 1.73. The molecule has 3 aromatic rings. The van der Waals surface area contributed by atoms with Gasteiger partial charge in [-0.05, 0) is 30.2 Å². The number of thiophene rings is 1. The Morgan fingerprint density at radius 1 is 1.32 bits per heavy atom. The van der Waals surface area contributed by atoms with Gasteiger partial charge in [-0.25, -0.2) is 0 Å². The van der Waals surface area contributed by atoms with Crippen LogP contribution in [0.3, 0.4) is 0 Å². The summed E-state index contributed by atoms with van der Waals surface area (Å²) in [6.07, 6.45) is -2.79. The summed E-state index contributed by atoms with van der Waals surface area (Å²) in [5, 5.41) is 8.67. The molecule has 0 saturated carbocycles. The summed E-state index contributed by atoms with van der Waals surface area (Å²) in [5.41, 5.74) is 6.81. The molecule has 0 aliphatic rings. The minimum absolute atomic E-state index is 0.00210. The van der Waals surface area contributed by atoms with Crippen molar-refractivity contribution in [3.05, 3.63) is 64.0 Å². The van der Waals surface area contributed by atoms with Gasteiger partial charge in [0.15, 0.2) is 0 Å². The molecule has 0 bridgehead atoms. The smallest absolute Gasteiger partial charge is 0.347 e. The van der Waals surface area contributed by atoms with Gasteiger partial charge < -0.3 is 11.1 Å². The third-order valence-electron chi connectivity index (χ3n) is 4.35. The van der Waals surface area contributed by atoms with Crippen LogP contribution in [0.2, 0.25) is 0 Å². The maximum Gasteiger partial charge on any atom is 0.416 e. The molecule has 1 atom stereocenters. The number of hydrogen-bond donors (Lipinski definition) is 2. The van der Waals surface area contributed by atoms with Crippen molar-refractivity contribution in [2.45, 2.75) is 18.6 Å². The third kappa shape index (κ3) is 4.42. The Labute approximate surface area is 164 Å². The summed E-state index contributed by atoms with van der Waals surface area (Å²) in [6.45, 7) is 0.0257. The number of aromatic nitrogens is 2. The average Bonchev–Trinajstić information content (AvgIpc) is 3.29. The molecule has 1 amide bonds. The van der Waals surface area contributed by atoms with Gasteiger partial charge in [0.2, 0.25) is 0 Å². The zero-order valence-corrected chi connectivity index (χ0v) is 15.8. The first-order valence-corrected chi connectivity index (χ1v) is 9.40. The largest absolute Gasteiger partial charge is 0.416 e. The fourth-order valence-electron chi connectivity index (χ4n) is 2.94. The molecule has 0 aliphatic heterocycles. The average molecular weight is 408 g/mol. The second-order valence-electron chi connectivity index (χ2n) is 6.30. The van der Waals surface area contributed by atoms with E-state index in [1.165, 1.54) is 23.5 Å². The van der Waals surface area contributed by atoms with E-state index in [-0.39, 0.29) is 24.4 Å². The summed E-state index contributed by atoms with van der Waals surface area (Å²) in [5.74, 6) is -0.363. The number of nitrogens with one attached hydrogen (secondary N) is 1. The summed E-state index contributed by atoms with van der Waals surface area (Å²) in [7, 11) is 1.80. The van der Waals surface area contributed by atoms with Gasteiger partial charge in [-0.1, -0.05) is 18.2 Å². The molecule has 1 aromatic carbocycles. The Kier molecular flexibility index (Phi) is 5.85. The minimum atomic E-state index is -4.45. The number of aryl methyl sites for hydroxylation is 1. The maximum absolute atomic E-state index is 13.2. The van der Waals surface area contributed by atoms with Crippen LogP contribution in [-0.4, -0.2) is 28.3 Å². The summed E-state index contributed by atoms with van der Waals surface area (Å²) in [4.78, 5) is 13.0. The van der Waals surface area contributed by atoms with E-state index in [1.54, 1.807) is 30.1 Å². The second-order valence-corrected chi connectivity index (χ2v) is 7.22. The zero-order valence-electron chi connectivity index (χ0n) is 15.0. The van der Waals surface area contributed by atoms with Crippen LogP contribution in [0.25, 0.3) is 11.3 Å². The highest BCUT2D eigenvalue weighted by atomic mass is 32.1. The highest BCUT2D eigenvalue weighted by Crippen LogP contribution is 2.32. The monoisotopic (exact) mass is 408 g/mol. The van der Waals surface area contributed by atoms with E-state index in [1.807, 2.05) is 11.4 Å². The van der Waals surface area contributed by atoms with Crippen molar-refractivity contribution in [2.24, 2.45) is 12.8 Å². The van der Waals surface area contributed by atoms with Gasteiger partial charge in [0.25, 0.3) is 5.91 Å². The van der Waals surface area contributed by atoms with Crippen molar-refractivity contribution in [1.29, 1.82) is 0 Å². The van der Waals surface area contributed by atoms with Crippen LogP contribution in [0.5, 0.6) is 0 Å². The molecule has 0 saturated heterocycles. The first-order chi connectivity index (χ1) is 13.3. The summed E-state index contributed by atoms with van der Waals surface area (Å²) >= 11 is 1.26. The number of carbonyl (C=O) groups excluding carboxylic acids is 1. The van der Waals surface area contributed by atoms with Crippen LogP contribution in [-0.2, 0) is 19.6 Å². The molecule has 3 N–H and O–H groups in total. The number of nitrogens with two attached hydrogens (primary N) is 1. The van der Waals surface area contributed by atoms with Crippen LogP contribution in [0, 0.1) is 0 Å². The standard InChI is InChI=1S/C19H19F3N4OS/c1-26-16(6-7-24-26)13-9-17(28-11-13)18(27)25-14(10-23)8-12-4-2-3-5-15(12)19(20,21)22/h2-7,9,11,14H,8,10,23H2,1H3,(H,25,27). The molecule has 2 heterocycles. The third-order valence-corrected chi connectivity index (χ3v) is 5.28. The normalized spacial score (nSPS) is 12.8. The van der Waals surface area contributed by atoms with Gasteiger partial charge in [0.1, 0.15) is 0 Å². The predicted octanol–water partition coefficient (Wildman–Crippen LogP) is 3.47. The van der Waals surface area contributed by atoms with Gasteiger partial charge >= 0.3 is 6.18 Å². The lowest BCUT2D eigenvalue weighted by molar-refractivity contribution is -0.138. The van der Waals surface area contributed by atoms with E-state index in [0.29, 0.717) is 4.88 Å². The van der Waals surface area contributed by atoms with Gasteiger partial charge in [0, 0.05) is 36.8 Å². The van der Waals surface area contributed by atoms with Crippen LogP contribution in [0.15, 0.2) is 48.0 Å². The lowest BCUT2D eigenvalue weighted by Gasteiger charge is -2.19. The molecule has 0 fully saturated rings. The lowest BCUT2D eigenvalue weighted by Crippen LogP contribution is -2.41. The molecule has 0 radical (unpaired) electrons. The number of amides is 1. The second kappa shape index (κ2) is 8.15. The Morgan fingerprint density at radius 2 is 2.07 bits per heavy atom. The molecule has 0 aliphatic carbocycles. The first-order valence-electron chi connectivity index (χ1n) is 8.52. The SMILES string of the molecule is Cn1nccc1-c1csc(C(=O)NC(CN)Cc2ccccc2C(F)(F)F)c1. The van der Waals surface area contributed by atoms with E-state index < -0.39 is 17.8 Å². The van der Waals surface area contributed by atoms with E-state index in [0.717, 1.165) is 17.3 Å². The van der Waals surface area contributed by atoms with Crippen LogP contribution in [0.4, 0.5) is 13.2 Å². The molecule has 3 rings (SSSR count). The first kappa shape index (κ1) is 20.1. The minimum Gasteiger partial charge on any atom is -0.347 e. The molecule has 148 valence electrons. The summed E-state index contributed by atoms with van der Waals surface area (Å²) in [6, 6.07) is 8.27. The van der Waals surface area contributed by atoms with Crippen LogP contribution in [0.1, 0.15) is 20.8 Å². The number of halogens is 3. The van der Waals surface area contributed by atoms with E-state index in [4.69, 9.17) is 5.73 Å². The topological polar surface area (TPSA) is 72.9 Å². The number of nitrogens with zero attached hydrogens (tertiary/aromatic N) is 2. The highest BCUT2D eigenvalue weighted by molar-refractivity contribution is 7.12. The number of rotatable bonds is 6. The van der Waals surface area contributed by atoms with Crippen LogP contribution < -0.4 is 11.1 Å². The fraction of sp³-hybridized carbons (Fsp3) is 0.263. The Bertz CT molecular complexity index is 964. The number of hydrogen-bond acceptors (Lipinski definition) is 4. The van der Waals surface area contributed by atoms with Gasteiger partial charge in [-0.15, -0.1) is 11.3 Å². The molecular weight excluding hydrogens is 389 g/mol. The molecule has 9 heteroatoms. The van der Waals surface area contributed by atoms with Gasteiger partial charge in [0.05, 0.1) is 16.1 Å². The number of alkyl halides is 3. The highest BCUT2D eigenvalue weighted by Gasteiger charge is 2.33. The Hall–Kier alpha value is -2.65. The van der Waals surface area contributed by atoms with Crippen molar-refractivity contribution in [1.82, 2.24) is 15.1 Å². The van der Waals surface area contributed by atoms with Gasteiger partial charge in [-0.2, -0.15) is 18.3 Å². The number of carbonyl (C=O) groups is 1. The fourth-order valence-corrected chi connectivity index (χ4v) is 3.74. The van der Waals surface area contributed by atoms with E-state index >= 15 is 0 Å². The molecule has 2 aromatic heterocycles. The summed E-state index contributed by atoms with van der Waals surface area (Å²) < 4.78 is 41.2. The maximum atomic E-state index is 13.2. The molecule has 5 nitrogen and oxygen atoms in total. The molecule has 0 spiro atoms. The molecular formula is C19H19F3N4OS.